The largest absolute Gasteiger partial charge is 0.436 e. The highest BCUT2D eigenvalue weighted by Gasteiger charge is 2.24. The Hall–Kier alpha value is -1.83. The summed E-state index contributed by atoms with van der Waals surface area (Å²) in [5.74, 6) is 2.08. The summed E-state index contributed by atoms with van der Waals surface area (Å²) in [5, 5.41) is 10.8. The molecule has 1 amide bonds. The smallest absolute Gasteiger partial charge is 0.241 e. The van der Waals surface area contributed by atoms with Gasteiger partial charge in [0.25, 0.3) is 0 Å². The molecule has 0 radical (unpaired) electrons. The van der Waals surface area contributed by atoms with Gasteiger partial charge >= 0.3 is 0 Å². The zero-order valence-electron chi connectivity index (χ0n) is 16.5. The van der Waals surface area contributed by atoms with Crippen molar-refractivity contribution < 1.29 is 9.53 Å². The van der Waals surface area contributed by atoms with Crippen LogP contribution in [0, 0.1) is 18.8 Å². The molecule has 3 heterocycles. The van der Waals surface area contributed by atoms with Gasteiger partial charge in [0.05, 0.1) is 11.9 Å². The molecule has 1 aliphatic heterocycles. The third-order valence-electron chi connectivity index (χ3n) is 4.98. The van der Waals surface area contributed by atoms with Gasteiger partial charge in [-0.1, -0.05) is 6.92 Å². The van der Waals surface area contributed by atoms with Crippen LogP contribution in [-0.4, -0.2) is 33.8 Å². The number of nitrogens with zero attached hydrogens (tertiary/aromatic N) is 3. The van der Waals surface area contributed by atoms with Crippen molar-refractivity contribution in [2.24, 2.45) is 18.9 Å². The Balaban J connectivity index is 0.00000196. The van der Waals surface area contributed by atoms with E-state index < -0.39 is 0 Å². The van der Waals surface area contributed by atoms with Crippen LogP contribution >= 0.6 is 24.8 Å². The minimum atomic E-state index is 0. The SMILES string of the molecule is Cc1nn(C)c(Oc2cccnc2)c1NC(=O)CC(C)C1CCNCC1.Cl.Cl. The first-order valence-electron chi connectivity index (χ1n) is 9.16. The average Bonchev–Trinajstić information content (AvgIpc) is 2.90. The number of hydrogen-bond acceptors (Lipinski definition) is 5. The normalized spacial score (nSPS) is 15.1. The molecule has 28 heavy (non-hydrogen) atoms. The molecule has 156 valence electrons. The fourth-order valence-electron chi connectivity index (χ4n) is 3.48. The number of pyridine rings is 1. The van der Waals surface area contributed by atoms with Crippen LogP contribution in [0.2, 0.25) is 0 Å². The summed E-state index contributed by atoms with van der Waals surface area (Å²) < 4.78 is 7.53. The molecule has 1 atom stereocenters. The fraction of sp³-hybridized carbons (Fsp3) is 0.526. The number of anilines is 1. The van der Waals surface area contributed by atoms with Crippen molar-refractivity contribution in [3.63, 3.8) is 0 Å². The second-order valence-electron chi connectivity index (χ2n) is 7.00. The molecule has 2 N–H and O–H groups in total. The van der Waals surface area contributed by atoms with Crippen LogP contribution in [0.4, 0.5) is 5.69 Å². The van der Waals surface area contributed by atoms with Gasteiger partial charge < -0.3 is 15.4 Å². The number of ether oxygens (including phenoxy) is 1. The van der Waals surface area contributed by atoms with Crippen molar-refractivity contribution in [2.75, 3.05) is 18.4 Å². The number of nitrogens with one attached hydrogen (secondary N) is 2. The summed E-state index contributed by atoms with van der Waals surface area (Å²) in [6, 6.07) is 3.62. The van der Waals surface area contributed by atoms with E-state index in [0.717, 1.165) is 31.6 Å². The van der Waals surface area contributed by atoms with E-state index in [1.54, 1.807) is 30.2 Å². The monoisotopic (exact) mass is 429 g/mol. The molecule has 0 bridgehead atoms. The van der Waals surface area contributed by atoms with Gasteiger partial charge in [-0.25, -0.2) is 4.68 Å². The Morgan fingerprint density at radius 2 is 2.11 bits per heavy atom. The minimum Gasteiger partial charge on any atom is -0.436 e. The van der Waals surface area contributed by atoms with Crippen molar-refractivity contribution in [1.29, 1.82) is 0 Å². The Labute approximate surface area is 178 Å². The van der Waals surface area contributed by atoms with E-state index in [-0.39, 0.29) is 30.7 Å². The third kappa shape index (κ3) is 6.09. The van der Waals surface area contributed by atoms with Crippen molar-refractivity contribution in [2.45, 2.75) is 33.1 Å². The zero-order valence-corrected chi connectivity index (χ0v) is 18.1. The van der Waals surface area contributed by atoms with Crippen LogP contribution in [0.15, 0.2) is 24.5 Å². The molecule has 3 rings (SSSR count). The predicted octanol–water partition coefficient (Wildman–Crippen LogP) is 3.72. The van der Waals surface area contributed by atoms with Crippen LogP contribution in [0.3, 0.4) is 0 Å². The molecule has 7 nitrogen and oxygen atoms in total. The second kappa shape index (κ2) is 11.2. The number of piperidine rings is 1. The molecule has 0 aromatic carbocycles. The lowest BCUT2D eigenvalue weighted by molar-refractivity contribution is -0.117. The molecular formula is C19H29Cl2N5O2. The van der Waals surface area contributed by atoms with E-state index in [0.29, 0.717) is 35.6 Å². The molecule has 1 unspecified atom stereocenters. The van der Waals surface area contributed by atoms with Gasteiger partial charge in [0.1, 0.15) is 11.4 Å². The highest BCUT2D eigenvalue weighted by atomic mass is 35.5. The lowest BCUT2D eigenvalue weighted by Gasteiger charge is -2.27. The van der Waals surface area contributed by atoms with Crippen LogP contribution in [0.25, 0.3) is 0 Å². The molecule has 2 aromatic rings. The maximum atomic E-state index is 12.6. The van der Waals surface area contributed by atoms with Gasteiger partial charge in [-0.2, -0.15) is 5.10 Å². The van der Waals surface area contributed by atoms with E-state index in [9.17, 15) is 4.79 Å². The predicted molar refractivity (Wildman–Crippen MR) is 115 cm³/mol. The second-order valence-corrected chi connectivity index (χ2v) is 7.00. The highest BCUT2D eigenvalue weighted by Crippen LogP contribution is 2.32. The standard InChI is InChI=1S/C19H27N5O2.2ClH/c1-13(15-6-9-20-10-7-15)11-17(25)22-18-14(2)23-24(3)19(18)26-16-5-4-8-21-12-16;;/h4-5,8,12-13,15,20H,6-7,9-11H2,1-3H3,(H,22,25);2*1H. The summed E-state index contributed by atoms with van der Waals surface area (Å²) in [6.07, 6.45) is 6.09. The number of carbonyl (C=O) groups is 1. The van der Waals surface area contributed by atoms with Crippen molar-refractivity contribution in [1.82, 2.24) is 20.1 Å². The summed E-state index contributed by atoms with van der Waals surface area (Å²) in [7, 11) is 1.80. The Morgan fingerprint density at radius 1 is 1.39 bits per heavy atom. The number of halogens is 2. The van der Waals surface area contributed by atoms with E-state index >= 15 is 0 Å². The molecule has 9 heteroatoms. The lowest BCUT2D eigenvalue weighted by atomic mass is 9.84. The summed E-state index contributed by atoms with van der Waals surface area (Å²) >= 11 is 0. The number of amides is 1. The molecule has 0 aliphatic carbocycles. The summed E-state index contributed by atoms with van der Waals surface area (Å²) in [4.78, 5) is 16.7. The summed E-state index contributed by atoms with van der Waals surface area (Å²) in [6.45, 7) is 6.11. The molecule has 1 saturated heterocycles. The Morgan fingerprint density at radius 3 is 2.75 bits per heavy atom. The van der Waals surface area contributed by atoms with Gasteiger partial charge in [-0.05, 0) is 56.8 Å². The average molecular weight is 430 g/mol. The first-order chi connectivity index (χ1) is 12.5. The Bertz CT molecular complexity index is 748. The number of carbonyl (C=O) groups excluding carboxylic acids is 1. The van der Waals surface area contributed by atoms with Gasteiger partial charge in [-0.15, -0.1) is 24.8 Å². The van der Waals surface area contributed by atoms with Gasteiger partial charge in [0.2, 0.25) is 11.8 Å². The number of hydrogen-bond donors (Lipinski definition) is 2. The van der Waals surface area contributed by atoms with Crippen molar-refractivity contribution in [3.05, 3.63) is 30.2 Å². The molecule has 2 aromatic heterocycles. The molecule has 1 fully saturated rings. The molecular weight excluding hydrogens is 401 g/mol. The number of aryl methyl sites for hydroxylation is 2. The molecule has 1 aliphatic rings. The maximum Gasteiger partial charge on any atom is 0.241 e. The number of rotatable bonds is 6. The first kappa shape index (κ1) is 24.2. The van der Waals surface area contributed by atoms with E-state index in [1.165, 1.54) is 0 Å². The van der Waals surface area contributed by atoms with Crippen LogP contribution < -0.4 is 15.4 Å². The van der Waals surface area contributed by atoms with Gasteiger partial charge in [-0.3, -0.25) is 9.78 Å². The molecule has 0 spiro atoms. The van der Waals surface area contributed by atoms with Crippen LogP contribution in [0.5, 0.6) is 11.6 Å². The number of aromatic nitrogens is 3. The van der Waals surface area contributed by atoms with Gasteiger partial charge in [0.15, 0.2) is 0 Å². The molecule has 0 saturated carbocycles. The van der Waals surface area contributed by atoms with E-state index in [1.807, 2.05) is 13.0 Å². The van der Waals surface area contributed by atoms with Crippen molar-refractivity contribution in [3.8, 4) is 11.6 Å². The van der Waals surface area contributed by atoms with Gasteiger partial charge in [0, 0.05) is 19.7 Å². The maximum absolute atomic E-state index is 12.6. The summed E-state index contributed by atoms with van der Waals surface area (Å²) in [5.41, 5.74) is 1.35. The quantitative estimate of drug-likeness (QED) is 0.730. The fourth-order valence-corrected chi connectivity index (χ4v) is 3.48. The zero-order chi connectivity index (χ0) is 18.5. The first-order valence-corrected chi connectivity index (χ1v) is 9.16. The topological polar surface area (TPSA) is 81.1 Å². The van der Waals surface area contributed by atoms with Crippen molar-refractivity contribution >= 4 is 36.4 Å². The third-order valence-corrected chi connectivity index (χ3v) is 4.98. The van der Waals surface area contributed by atoms with E-state index in [2.05, 4.69) is 27.6 Å². The van der Waals surface area contributed by atoms with Crippen LogP contribution in [0.1, 0.15) is 31.9 Å². The van der Waals surface area contributed by atoms with E-state index in [4.69, 9.17) is 4.74 Å². The minimum absolute atomic E-state index is 0. The Kier molecular flexibility index (Phi) is 9.72. The lowest BCUT2D eigenvalue weighted by Crippen LogP contribution is -2.32. The van der Waals surface area contributed by atoms with Crippen LogP contribution in [-0.2, 0) is 11.8 Å². The highest BCUT2D eigenvalue weighted by molar-refractivity contribution is 5.92.